The molecule has 0 amide bonds. The van der Waals surface area contributed by atoms with Crippen LogP contribution in [-0.2, 0) is 16.0 Å². The number of hydrogen-bond acceptors (Lipinski definition) is 3. The summed E-state index contributed by atoms with van der Waals surface area (Å²) in [6.07, 6.45) is 0.500. The molecule has 1 aromatic carbocycles. The molecule has 0 aliphatic heterocycles. The largest absolute Gasteiger partial charge is 0.465 e. The van der Waals surface area contributed by atoms with Gasteiger partial charge in [-0.15, -0.1) is 0 Å². The number of hydrogen-bond donors (Lipinski definition) is 0. The Morgan fingerprint density at radius 3 is 2.81 bits per heavy atom. The Bertz CT molecular complexity index is 448. The van der Waals surface area contributed by atoms with Crippen LogP contribution in [0, 0.1) is 5.82 Å². The maximum atomic E-state index is 13.3. The first-order valence-corrected chi connectivity index (χ1v) is 5.38. The Morgan fingerprint density at radius 1 is 1.69 bits per heavy atom. The third kappa shape index (κ3) is 2.41. The van der Waals surface area contributed by atoms with Crippen molar-refractivity contribution >= 4 is 39.8 Å². The van der Waals surface area contributed by atoms with E-state index in [1.165, 1.54) is 7.11 Å². The predicted octanol–water partition coefficient (Wildman–Crippen LogP) is 2.77. The van der Waals surface area contributed by atoms with Gasteiger partial charge in [-0.1, -0.05) is 11.6 Å². The molecule has 0 saturated carbocycles. The standard InChI is InChI=1S/C10H7BrClFO3/c1-16-10(15)6-4-7(13)8(11)9(12)5(6)2-3-14/h3-4H,2H2,1H3. The van der Waals surface area contributed by atoms with E-state index in [1.807, 2.05) is 0 Å². The molecule has 0 heterocycles. The van der Waals surface area contributed by atoms with Crippen LogP contribution in [0.5, 0.6) is 0 Å². The van der Waals surface area contributed by atoms with Crippen molar-refractivity contribution in [2.45, 2.75) is 6.42 Å². The van der Waals surface area contributed by atoms with Crippen molar-refractivity contribution in [3.63, 3.8) is 0 Å². The highest BCUT2D eigenvalue weighted by molar-refractivity contribution is 9.10. The summed E-state index contributed by atoms with van der Waals surface area (Å²) in [4.78, 5) is 21.8. The fraction of sp³-hybridized carbons (Fsp3) is 0.200. The van der Waals surface area contributed by atoms with Crippen molar-refractivity contribution in [3.05, 3.63) is 32.5 Å². The highest BCUT2D eigenvalue weighted by Crippen LogP contribution is 2.32. The van der Waals surface area contributed by atoms with Crippen LogP contribution < -0.4 is 0 Å². The first kappa shape index (κ1) is 13.1. The topological polar surface area (TPSA) is 43.4 Å². The monoisotopic (exact) mass is 308 g/mol. The molecule has 1 aromatic rings. The molecule has 0 aromatic heterocycles. The second-order valence-corrected chi connectivity index (χ2v) is 4.05. The van der Waals surface area contributed by atoms with Crippen LogP contribution in [0.3, 0.4) is 0 Å². The van der Waals surface area contributed by atoms with Crippen molar-refractivity contribution in [2.24, 2.45) is 0 Å². The van der Waals surface area contributed by atoms with Crippen LogP contribution >= 0.6 is 27.5 Å². The van der Waals surface area contributed by atoms with Crippen LogP contribution in [-0.4, -0.2) is 19.4 Å². The van der Waals surface area contributed by atoms with E-state index < -0.39 is 11.8 Å². The van der Waals surface area contributed by atoms with Gasteiger partial charge in [0.2, 0.25) is 0 Å². The Kier molecular flexibility index (Phi) is 4.44. The van der Waals surface area contributed by atoms with Crippen LogP contribution in [0.2, 0.25) is 5.02 Å². The number of rotatable bonds is 3. The lowest BCUT2D eigenvalue weighted by molar-refractivity contribution is -0.107. The molecule has 0 atom stereocenters. The Labute approximate surface area is 105 Å². The first-order valence-electron chi connectivity index (χ1n) is 4.21. The van der Waals surface area contributed by atoms with Gasteiger partial charge in [0.15, 0.2) is 0 Å². The fourth-order valence-corrected chi connectivity index (χ4v) is 1.83. The van der Waals surface area contributed by atoms with E-state index in [2.05, 4.69) is 20.7 Å². The van der Waals surface area contributed by atoms with Gasteiger partial charge in [-0.05, 0) is 27.6 Å². The second-order valence-electron chi connectivity index (χ2n) is 2.87. The number of benzene rings is 1. The number of methoxy groups -OCH3 is 1. The molecule has 16 heavy (non-hydrogen) atoms. The summed E-state index contributed by atoms with van der Waals surface area (Å²) < 4.78 is 17.8. The first-order chi connectivity index (χ1) is 7.52. The normalized spacial score (nSPS) is 10.0. The van der Waals surface area contributed by atoms with Gasteiger partial charge in [-0.25, -0.2) is 9.18 Å². The Balaban J connectivity index is 3.46. The van der Waals surface area contributed by atoms with Crippen molar-refractivity contribution < 1.29 is 18.7 Å². The number of aldehydes is 1. The van der Waals surface area contributed by atoms with Gasteiger partial charge in [-0.2, -0.15) is 0 Å². The van der Waals surface area contributed by atoms with Gasteiger partial charge in [0.1, 0.15) is 12.1 Å². The van der Waals surface area contributed by atoms with E-state index in [-0.39, 0.29) is 27.0 Å². The van der Waals surface area contributed by atoms with E-state index >= 15 is 0 Å². The molecule has 0 bridgehead atoms. The lowest BCUT2D eigenvalue weighted by Gasteiger charge is -2.09. The van der Waals surface area contributed by atoms with Gasteiger partial charge < -0.3 is 9.53 Å². The minimum absolute atomic E-state index is 0.00694. The van der Waals surface area contributed by atoms with E-state index in [0.29, 0.717) is 6.29 Å². The zero-order chi connectivity index (χ0) is 12.3. The Hall–Kier alpha value is -0.940. The summed E-state index contributed by atoms with van der Waals surface area (Å²) in [5.74, 6) is -1.41. The predicted molar refractivity (Wildman–Crippen MR) is 60.2 cm³/mol. The van der Waals surface area contributed by atoms with Crippen LogP contribution in [0.1, 0.15) is 15.9 Å². The second kappa shape index (κ2) is 5.41. The lowest BCUT2D eigenvalue weighted by Crippen LogP contribution is -2.08. The zero-order valence-corrected chi connectivity index (χ0v) is 10.6. The van der Waals surface area contributed by atoms with Crippen LogP contribution in [0.15, 0.2) is 10.5 Å². The van der Waals surface area contributed by atoms with Crippen molar-refractivity contribution in [1.29, 1.82) is 0 Å². The number of carbonyl (C=O) groups is 2. The molecule has 86 valence electrons. The smallest absolute Gasteiger partial charge is 0.338 e. The number of halogens is 3. The van der Waals surface area contributed by atoms with Crippen LogP contribution in [0.25, 0.3) is 0 Å². The molecule has 3 nitrogen and oxygen atoms in total. The average Bonchev–Trinajstić information content (AvgIpc) is 2.28. The maximum Gasteiger partial charge on any atom is 0.338 e. The minimum Gasteiger partial charge on any atom is -0.465 e. The third-order valence-corrected chi connectivity index (χ3v) is 3.38. The highest BCUT2D eigenvalue weighted by atomic mass is 79.9. The molecular weight excluding hydrogens is 302 g/mol. The summed E-state index contributed by atoms with van der Waals surface area (Å²) in [5.41, 5.74) is 0.206. The van der Waals surface area contributed by atoms with E-state index in [4.69, 9.17) is 11.6 Å². The number of esters is 1. The number of carbonyl (C=O) groups excluding carboxylic acids is 2. The fourth-order valence-electron chi connectivity index (χ4n) is 1.21. The van der Waals surface area contributed by atoms with Gasteiger partial charge in [0.05, 0.1) is 22.2 Å². The summed E-state index contributed by atoms with van der Waals surface area (Å²) in [6, 6.07) is 0.987. The quantitative estimate of drug-likeness (QED) is 0.490. The third-order valence-electron chi connectivity index (χ3n) is 1.96. The van der Waals surface area contributed by atoms with Crippen LogP contribution in [0.4, 0.5) is 4.39 Å². The molecule has 0 spiro atoms. The number of ether oxygens (including phenoxy) is 1. The molecule has 1 rings (SSSR count). The SMILES string of the molecule is COC(=O)c1cc(F)c(Br)c(Cl)c1CC=O. The molecule has 0 fully saturated rings. The van der Waals surface area contributed by atoms with Gasteiger partial charge in [-0.3, -0.25) is 0 Å². The summed E-state index contributed by atoms with van der Waals surface area (Å²) >= 11 is 8.76. The molecule has 0 saturated heterocycles. The molecule has 0 N–H and O–H groups in total. The summed E-state index contributed by atoms with van der Waals surface area (Å²) in [5, 5.41) is 0.00694. The zero-order valence-electron chi connectivity index (χ0n) is 8.22. The van der Waals surface area contributed by atoms with E-state index in [9.17, 15) is 14.0 Å². The van der Waals surface area contributed by atoms with Gasteiger partial charge in [0.25, 0.3) is 0 Å². The summed E-state index contributed by atoms with van der Waals surface area (Å²) in [6.45, 7) is 0. The van der Waals surface area contributed by atoms with Gasteiger partial charge in [0, 0.05) is 6.42 Å². The van der Waals surface area contributed by atoms with Crippen molar-refractivity contribution in [2.75, 3.05) is 7.11 Å². The maximum absolute atomic E-state index is 13.3. The Morgan fingerprint density at radius 2 is 2.31 bits per heavy atom. The van der Waals surface area contributed by atoms with Gasteiger partial charge >= 0.3 is 5.97 Å². The van der Waals surface area contributed by atoms with Crippen molar-refractivity contribution in [3.8, 4) is 0 Å². The molecule has 0 aliphatic rings. The molecule has 0 unspecified atom stereocenters. The van der Waals surface area contributed by atoms with E-state index in [1.54, 1.807) is 0 Å². The molecule has 6 heteroatoms. The van der Waals surface area contributed by atoms with Crippen molar-refractivity contribution in [1.82, 2.24) is 0 Å². The minimum atomic E-state index is -0.731. The molecular formula is C10H7BrClFO3. The molecule has 0 radical (unpaired) electrons. The highest BCUT2D eigenvalue weighted by Gasteiger charge is 2.20. The average molecular weight is 310 g/mol. The lowest BCUT2D eigenvalue weighted by atomic mass is 10.0. The summed E-state index contributed by atoms with van der Waals surface area (Å²) in [7, 11) is 1.17. The van der Waals surface area contributed by atoms with E-state index in [0.717, 1.165) is 6.07 Å². The molecule has 0 aliphatic carbocycles.